The summed E-state index contributed by atoms with van der Waals surface area (Å²) >= 11 is 0. The van der Waals surface area contributed by atoms with E-state index in [1.54, 1.807) is 13.8 Å². The van der Waals surface area contributed by atoms with Crippen LogP contribution in [0.15, 0.2) is 10.2 Å². The molecule has 0 radical (unpaired) electrons. The molecule has 0 aliphatic carbocycles. The van der Waals surface area contributed by atoms with E-state index in [1.165, 1.54) is 0 Å². The summed E-state index contributed by atoms with van der Waals surface area (Å²) < 4.78 is 35.3. The van der Waals surface area contributed by atoms with Gasteiger partial charge in [0.2, 0.25) is 0 Å². The number of rotatable bonds is 2. The van der Waals surface area contributed by atoms with E-state index in [1.807, 2.05) is 20.8 Å². The molecule has 2 nitrogen and oxygen atoms in total. The van der Waals surface area contributed by atoms with E-state index in [9.17, 15) is 13.2 Å². The number of halogens is 3. The Hall–Kier alpha value is -0.610. The van der Waals surface area contributed by atoms with Crippen LogP contribution in [0.25, 0.3) is 0 Å². The fraction of sp³-hybridized carbons (Fsp3) is 1.00. The molecule has 0 aromatic rings. The van der Waals surface area contributed by atoms with Crippen molar-refractivity contribution in [2.75, 3.05) is 0 Å². The number of hydrogen-bond donors (Lipinski definition) is 0. The van der Waals surface area contributed by atoms with Gasteiger partial charge in [-0.25, -0.2) is 0 Å². The highest BCUT2D eigenvalue weighted by Crippen LogP contribution is 2.31. The molecule has 14 heavy (non-hydrogen) atoms. The Morgan fingerprint density at radius 2 is 1.29 bits per heavy atom. The molecule has 0 atom stereocenters. The minimum Gasteiger partial charge on any atom is -0.180 e. The highest BCUT2D eigenvalue weighted by Gasteiger charge is 2.30. The maximum Gasteiger partial charge on any atom is 0.520 e. The van der Waals surface area contributed by atoms with Crippen LogP contribution in [0.2, 0.25) is 0 Å². The number of nitrogens with zero attached hydrogens (tertiary/aromatic N) is 2. The van der Waals surface area contributed by atoms with Gasteiger partial charge < -0.3 is 0 Å². The molecule has 0 N–H and O–H groups in total. The first-order chi connectivity index (χ1) is 5.91. The highest BCUT2D eigenvalue weighted by atomic mass is 19.4. The molecular weight excluding hydrogens is 193 g/mol. The summed E-state index contributed by atoms with van der Waals surface area (Å²) in [5.74, 6) is 0. The van der Waals surface area contributed by atoms with Crippen molar-refractivity contribution in [2.45, 2.75) is 52.9 Å². The van der Waals surface area contributed by atoms with Gasteiger partial charge in [0.05, 0.1) is 5.54 Å². The van der Waals surface area contributed by atoms with Crippen LogP contribution in [-0.2, 0) is 0 Å². The molecule has 0 saturated carbocycles. The van der Waals surface area contributed by atoms with E-state index in [0.717, 1.165) is 0 Å². The van der Waals surface area contributed by atoms with Crippen molar-refractivity contribution in [1.82, 2.24) is 0 Å². The van der Waals surface area contributed by atoms with E-state index in [0.29, 0.717) is 6.42 Å². The van der Waals surface area contributed by atoms with Crippen molar-refractivity contribution in [2.24, 2.45) is 15.6 Å². The lowest BCUT2D eigenvalue weighted by atomic mass is 9.82. The van der Waals surface area contributed by atoms with Crippen molar-refractivity contribution in [3.8, 4) is 0 Å². The second-order valence-electron chi connectivity index (χ2n) is 5.22. The van der Waals surface area contributed by atoms with Crippen LogP contribution >= 0.6 is 0 Å². The zero-order valence-corrected chi connectivity index (χ0v) is 9.24. The quantitative estimate of drug-likeness (QED) is 0.482. The second kappa shape index (κ2) is 3.87. The minimum atomic E-state index is -4.56. The second-order valence-corrected chi connectivity index (χ2v) is 5.22. The van der Waals surface area contributed by atoms with Gasteiger partial charge in [-0.1, -0.05) is 25.9 Å². The van der Waals surface area contributed by atoms with Crippen molar-refractivity contribution >= 4 is 0 Å². The SMILES string of the molecule is CC(C)(C)CC(C)(C)N=NC(F)(F)F. The molecule has 0 aliphatic rings. The molecule has 0 unspecified atom stereocenters. The van der Waals surface area contributed by atoms with E-state index in [-0.39, 0.29) is 5.41 Å². The smallest absolute Gasteiger partial charge is 0.180 e. The molecule has 0 spiro atoms. The molecule has 84 valence electrons. The van der Waals surface area contributed by atoms with Crippen LogP contribution < -0.4 is 0 Å². The molecule has 0 heterocycles. The Morgan fingerprint density at radius 1 is 0.857 bits per heavy atom. The lowest BCUT2D eigenvalue weighted by Crippen LogP contribution is -2.25. The number of azo groups is 1. The van der Waals surface area contributed by atoms with Gasteiger partial charge in [0.15, 0.2) is 0 Å². The van der Waals surface area contributed by atoms with Crippen molar-refractivity contribution < 1.29 is 13.2 Å². The van der Waals surface area contributed by atoms with E-state index < -0.39 is 11.8 Å². The summed E-state index contributed by atoms with van der Waals surface area (Å²) in [7, 11) is 0. The van der Waals surface area contributed by atoms with Gasteiger partial charge in [0.25, 0.3) is 0 Å². The molecule has 0 rings (SSSR count). The first kappa shape index (κ1) is 13.4. The monoisotopic (exact) mass is 210 g/mol. The summed E-state index contributed by atoms with van der Waals surface area (Å²) in [4.78, 5) is 0. The van der Waals surface area contributed by atoms with Gasteiger partial charge in [-0.2, -0.15) is 5.11 Å². The molecule has 5 heteroatoms. The lowest BCUT2D eigenvalue weighted by Gasteiger charge is -2.27. The maximum atomic E-state index is 11.8. The van der Waals surface area contributed by atoms with Crippen molar-refractivity contribution in [3.63, 3.8) is 0 Å². The third kappa shape index (κ3) is 8.01. The van der Waals surface area contributed by atoms with Crippen molar-refractivity contribution in [1.29, 1.82) is 0 Å². The standard InChI is InChI=1S/C9H17F3N2/c1-7(2,3)6-8(4,5)13-14-9(10,11)12/h6H2,1-5H3. The first-order valence-electron chi connectivity index (χ1n) is 4.42. The predicted molar refractivity (Wildman–Crippen MR) is 49.1 cm³/mol. The Bertz CT molecular complexity index is 211. The van der Waals surface area contributed by atoms with Gasteiger partial charge >= 0.3 is 6.30 Å². The molecule has 0 aromatic carbocycles. The fourth-order valence-corrected chi connectivity index (χ4v) is 1.53. The zero-order chi connectivity index (χ0) is 11.6. The third-order valence-corrected chi connectivity index (χ3v) is 1.40. The van der Waals surface area contributed by atoms with Crippen LogP contribution in [0, 0.1) is 5.41 Å². The summed E-state index contributed by atoms with van der Waals surface area (Å²) in [6.07, 6.45) is -4.01. The van der Waals surface area contributed by atoms with E-state index in [2.05, 4.69) is 10.2 Å². The Morgan fingerprint density at radius 3 is 1.57 bits per heavy atom. The largest absolute Gasteiger partial charge is 0.520 e. The fourth-order valence-electron chi connectivity index (χ4n) is 1.53. The molecular formula is C9H17F3N2. The van der Waals surface area contributed by atoms with Gasteiger partial charge in [-0.3, -0.25) is 0 Å². The Kier molecular flexibility index (Phi) is 3.70. The predicted octanol–water partition coefficient (Wildman–Crippen LogP) is 4.17. The molecule has 0 fully saturated rings. The number of alkyl halides is 3. The van der Waals surface area contributed by atoms with Gasteiger partial charge in [0, 0.05) is 0 Å². The first-order valence-corrected chi connectivity index (χ1v) is 4.42. The molecule has 0 bridgehead atoms. The summed E-state index contributed by atoms with van der Waals surface area (Å²) in [6.45, 7) is 9.16. The van der Waals surface area contributed by atoms with Crippen molar-refractivity contribution in [3.05, 3.63) is 0 Å². The summed E-state index contributed by atoms with van der Waals surface area (Å²) in [6, 6.07) is 0. The van der Waals surface area contributed by atoms with E-state index in [4.69, 9.17) is 0 Å². The Balaban J connectivity index is 4.43. The van der Waals surface area contributed by atoms with Gasteiger partial charge in [0.1, 0.15) is 0 Å². The summed E-state index contributed by atoms with van der Waals surface area (Å²) in [5.41, 5.74) is -0.831. The zero-order valence-electron chi connectivity index (χ0n) is 9.24. The minimum absolute atomic E-state index is 0.0614. The maximum absolute atomic E-state index is 11.8. The lowest BCUT2D eigenvalue weighted by molar-refractivity contribution is -0.127. The van der Waals surface area contributed by atoms with Crippen LogP contribution in [0.3, 0.4) is 0 Å². The van der Waals surface area contributed by atoms with Gasteiger partial charge in [-0.15, -0.1) is 13.2 Å². The summed E-state index contributed by atoms with van der Waals surface area (Å²) in [5, 5.41) is 5.65. The van der Waals surface area contributed by atoms with Crippen LogP contribution in [0.1, 0.15) is 41.0 Å². The Labute approximate surface area is 82.6 Å². The van der Waals surface area contributed by atoms with Crippen LogP contribution in [0.4, 0.5) is 13.2 Å². The topological polar surface area (TPSA) is 24.7 Å². The van der Waals surface area contributed by atoms with Crippen LogP contribution in [0.5, 0.6) is 0 Å². The normalized spacial score (nSPS) is 15.1. The average Bonchev–Trinajstić information content (AvgIpc) is 1.76. The molecule has 0 amide bonds. The van der Waals surface area contributed by atoms with Crippen LogP contribution in [-0.4, -0.2) is 11.8 Å². The highest BCUT2D eigenvalue weighted by molar-refractivity contribution is 4.81. The number of hydrogen-bond acceptors (Lipinski definition) is 2. The van der Waals surface area contributed by atoms with Gasteiger partial charge in [-0.05, 0) is 25.7 Å². The average molecular weight is 210 g/mol. The molecule has 0 aliphatic heterocycles. The third-order valence-electron chi connectivity index (χ3n) is 1.40. The molecule has 0 aromatic heterocycles. The van der Waals surface area contributed by atoms with E-state index >= 15 is 0 Å². The molecule has 0 saturated heterocycles.